The highest BCUT2D eigenvalue weighted by Crippen LogP contribution is 2.26. The van der Waals surface area contributed by atoms with E-state index in [1.165, 1.54) is 20.0 Å². The molecule has 5 nitrogen and oxygen atoms in total. The van der Waals surface area contributed by atoms with E-state index in [0.29, 0.717) is 12.6 Å². The third-order valence-corrected chi connectivity index (χ3v) is 3.70. The smallest absolute Gasteiger partial charge is 0.239 e. The lowest BCUT2D eigenvalue weighted by atomic mass is 10.2. The normalized spacial score (nSPS) is 16.7. The Morgan fingerprint density at radius 2 is 2.10 bits per heavy atom. The molecule has 0 bridgehead atoms. The van der Waals surface area contributed by atoms with Gasteiger partial charge in [-0.25, -0.2) is 0 Å². The molecule has 1 atom stereocenters. The number of amides is 1. The van der Waals surface area contributed by atoms with Crippen molar-refractivity contribution in [3.05, 3.63) is 29.8 Å². The molecule has 1 aliphatic rings. The van der Waals surface area contributed by atoms with E-state index in [2.05, 4.69) is 5.32 Å². The second-order valence-electron chi connectivity index (χ2n) is 5.41. The van der Waals surface area contributed by atoms with Crippen LogP contribution in [0.2, 0.25) is 0 Å². The molecule has 1 fully saturated rings. The number of hydrogen-bond donors (Lipinski definition) is 2. The van der Waals surface area contributed by atoms with Crippen molar-refractivity contribution in [3.63, 3.8) is 0 Å². The Morgan fingerprint density at radius 1 is 1.38 bits per heavy atom. The van der Waals surface area contributed by atoms with Gasteiger partial charge in [0.05, 0.1) is 12.7 Å². The van der Waals surface area contributed by atoms with Gasteiger partial charge in [-0.15, -0.1) is 0 Å². The SMILES string of the molecule is COCC(N)C(=O)NCc1ccccc1OC1CCCC1. The predicted molar refractivity (Wildman–Crippen MR) is 81.0 cm³/mol. The van der Waals surface area contributed by atoms with Crippen LogP contribution in [0.5, 0.6) is 5.75 Å². The highest BCUT2D eigenvalue weighted by molar-refractivity contribution is 5.81. The minimum Gasteiger partial charge on any atom is -0.490 e. The first-order valence-corrected chi connectivity index (χ1v) is 7.47. The van der Waals surface area contributed by atoms with Crippen LogP contribution in [0.3, 0.4) is 0 Å². The van der Waals surface area contributed by atoms with Crippen LogP contribution in [0.1, 0.15) is 31.2 Å². The summed E-state index contributed by atoms with van der Waals surface area (Å²) >= 11 is 0. The van der Waals surface area contributed by atoms with Crippen LogP contribution in [-0.4, -0.2) is 31.8 Å². The molecule has 1 saturated carbocycles. The molecule has 0 heterocycles. The Bertz CT molecular complexity index is 459. The van der Waals surface area contributed by atoms with E-state index in [9.17, 15) is 4.79 Å². The molecule has 2 rings (SSSR count). The summed E-state index contributed by atoms with van der Waals surface area (Å²) < 4.78 is 10.9. The van der Waals surface area contributed by atoms with Crippen molar-refractivity contribution in [3.8, 4) is 5.75 Å². The Hall–Kier alpha value is -1.59. The van der Waals surface area contributed by atoms with Crippen molar-refractivity contribution in [2.75, 3.05) is 13.7 Å². The Balaban J connectivity index is 1.91. The largest absolute Gasteiger partial charge is 0.490 e. The van der Waals surface area contributed by atoms with Gasteiger partial charge in [0.25, 0.3) is 0 Å². The van der Waals surface area contributed by atoms with Gasteiger partial charge in [0.15, 0.2) is 0 Å². The monoisotopic (exact) mass is 292 g/mol. The van der Waals surface area contributed by atoms with Gasteiger partial charge in [0.1, 0.15) is 11.8 Å². The Morgan fingerprint density at radius 3 is 2.81 bits per heavy atom. The number of ether oxygens (including phenoxy) is 2. The summed E-state index contributed by atoms with van der Waals surface area (Å²) in [5.41, 5.74) is 6.67. The molecule has 116 valence electrons. The molecule has 1 aromatic rings. The molecular weight excluding hydrogens is 268 g/mol. The maximum Gasteiger partial charge on any atom is 0.239 e. The number of carbonyl (C=O) groups is 1. The molecule has 0 spiro atoms. The van der Waals surface area contributed by atoms with Gasteiger partial charge in [-0.3, -0.25) is 4.79 Å². The molecule has 0 aromatic heterocycles. The van der Waals surface area contributed by atoms with Crippen LogP contribution in [0.15, 0.2) is 24.3 Å². The van der Waals surface area contributed by atoms with Gasteiger partial charge >= 0.3 is 0 Å². The zero-order chi connectivity index (χ0) is 15.1. The molecule has 1 aromatic carbocycles. The Kier molecular flexibility index (Phi) is 6.02. The van der Waals surface area contributed by atoms with Gasteiger partial charge in [-0.05, 0) is 31.7 Å². The van der Waals surface area contributed by atoms with Crippen molar-refractivity contribution in [1.82, 2.24) is 5.32 Å². The average molecular weight is 292 g/mol. The summed E-state index contributed by atoms with van der Waals surface area (Å²) in [5.74, 6) is 0.637. The van der Waals surface area contributed by atoms with Gasteiger partial charge < -0.3 is 20.5 Å². The molecular formula is C16H24N2O3. The predicted octanol–water partition coefficient (Wildman–Crippen LogP) is 1.60. The van der Waals surface area contributed by atoms with Crippen LogP contribution in [0, 0.1) is 0 Å². The van der Waals surface area contributed by atoms with Crippen molar-refractivity contribution in [2.45, 2.75) is 44.4 Å². The van der Waals surface area contributed by atoms with Crippen molar-refractivity contribution < 1.29 is 14.3 Å². The number of nitrogens with one attached hydrogen (secondary N) is 1. The number of nitrogens with two attached hydrogens (primary N) is 1. The molecule has 3 N–H and O–H groups in total. The number of rotatable bonds is 7. The van der Waals surface area contributed by atoms with Crippen molar-refractivity contribution >= 4 is 5.91 Å². The van der Waals surface area contributed by atoms with Crippen molar-refractivity contribution in [2.24, 2.45) is 5.73 Å². The third kappa shape index (κ3) is 4.72. The minimum absolute atomic E-state index is 0.214. The molecule has 21 heavy (non-hydrogen) atoms. The fraction of sp³-hybridized carbons (Fsp3) is 0.562. The second-order valence-corrected chi connectivity index (χ2v) is 5.41. The first kappa shape index (κ1) is 15.8. The maximum absolute atomic E-state index is 11.8. The first-order chi connectivity index (χ1) is 10.2. The molecule has 5 heteroatoms. The molecule has 0 radical (unpaired) electrons. The van der Waals surface area contributed by atoms with Gasteiger partial charge in [0.2, 0.25) is 5.91 Å². The molecule has 1 unspecified atom stereocenters. The topological polar surface area (TPSA) is 73.6 Å². The quantitative estimate of drug-likeness (QED) is 0.800. The number of carbonyl (C=O) groups excluding carboxylic acids is 1. The lowest BCUT2D eigenvalue weighted by Gasteiger charge is -2.17. The van der Waals surface area contributed by atoms with Gasteiger partial charge in [-0.1, -0.05) is 18.2 Å². The van der Waals surface area contributed by atoms with Crippen LogP contribution in [0.4, 0.5) is 0 Å². The molecule has 1 aliphatic carbocycles. The van der Waals surface area contributed by atoms with E-state index in [-0.39, 0.29) is 12.5 Å². The zero-order valence-electron chi connectivity index (χ0n) is 12.5. The zero-order valence-corrected chi connectivity index (χ0v) is 12.5. The summed E-state index contributed by atoms with van der Waals surface area (Å²) in [6.07, 6.45) is 4.99. The molecule has 1 amide bonds. The van der Waals surface area contributed by atoms with E-state index >= 15 is 0 Å². The first-order valence-electron chi connectivity index (χ1n) is 7.47. The van der Waals surface area contributed by atoms with Gasteiger partial charge in [0, 0.05) is 19.2 Å². The number of methoxy groups -OCH3 is 1. The number of para-hydroxylation sites is 1. The van der Waals surface area contributed by atoms with Crippen LogP contribution < -0.4 is 15.8 Å². The Labute approximate surface area is 125 Å². The van der Waals surface area contributed by atoms with Crippen LogP contribution >= 0.6 is 0 Å². The third-order valence-electron chi connectivity index (χ3n) is 3.70. The summed E-state index contributed by atoms with van der Waals surface area (Å²) in [6.45, 7) is 0.630. The minimum atomic E-state index is -0.641. The maximum atomic E-state index is 11.8. The lowest BCUT2D eigenvalue weighted by molar-refractivity contribution is -0.123. The van der Waals surface area contributed by atoms with Crippen LogP contribution in [0.25, 0.3) is 0 Å². The van der Waals surface area contributed by atoms with E-state index in [0.717, 1.165) is 24.2 Å². The second kappa shape index (κ2) is 8.00. The fourth-order valence-electron chi connectivity index (χ4n) is 2.52. The molecule has 0 saturated heterocycles. The molecule has 0 aliphatic heterocycles. The lowest BCUT2D eigenvalue weighted by Crippen LogP contribution is -2.43. The highest BCUT2D eigenvalue weighted by atomic mass is 16.5. The van der Waals surface area contributed by atoms with E-state index < -0.39 is 6.04 Å². The number of benzene rings is 1. The van der Waals surface area contributed by atoms with E-state index in [1.807, 2.05) is 24.3 Å². The summed E-state index contributed by atoms with van der Waals surface area (Å²) in [6, 6.07) is 7.17. The van der Waals surface area contributed by atoms with E-state index in [4.69, 9.17) is 15.2 Å². The van der Waals surface area contributed by atoms with Crippen molar-refractivity contribution in [1.29, 1.82) is 0 Å². The summed E-state index contributed by atoms with van der Waals surface area (Å²) in [4.78, 5) is 11.8. The fourth-order valence-corrected chi connectivity index (χ4v) is 2.52. The van der Waals surface area contributed by atoms with Crippen LogP contribution in [-0.2, 0) is 16.1 Å². The van der Waals surface area contributed by atoms with Gasteiger partial charge in [-0.2, -0.15) is 0 Å². The number of hydrogen-bond acceptors (Lipinski definition) is 4. The van der Waals surface area contributed by atoms with E-state index in [1.54, 1.807) is 0 Å². The standard InChI is InChI=1S/C16H24N2O3/c1-20-11-14(17)16(19)18-10-12-6-2-5-9-15(12)21-13-7-3-4-8-13/h2,5-6,9,13-14H,3-4,7-8,10-11,17H2,1H3,(H,18,19). The highest BCUT2D eigenvalue weighted by Gasteiger charge is 2.18. The summed E-state index contributed by atoms with van der Waals surface area (Å²) in [7, 11) is 1.53. The average Bonchev–Trinajstić information content (AvgIpc) is 2.99. The summed E-state index contributed by atoms with van der Waals surface area (Å²) in [5, 5.41) is 2.82.